The van der Waals surface area contributed by atoms with Gasteiger partial charge in [-0.1, -0.05) is 47.2 Å². The van der Waals surface area contributed by atoms with Crippen molar-refractivity contribution in [3.63, 3.8) is 0 Å². The molecule has 3 aromatic rings. The summed E-state index contributed by atoms with van der Waals surface area (Å²) in [4.78, 5) is 8.12. The zero-order valence-corrected chi connectivity index (χ0v) is 20.9. The number of aromatic nitrogens is 1. The minimum absolute atomic E-state index is 0.118. The first-order valence-corrected chi connectivity index (χ1v) is 13.2. The molecule has 1 unspecified atom stereocenters. The molecule has 9 heteroatoms. The Hall–Kier alpha value is -2.36. The third-order valence-corrected chi connectivity index (χ3v) is 8.09. The Morgan fingerprint density at radius 1 is 1.11 bits per heavy atom. The lowest BCUT2D eigenvalue weighted by Gasteiger charge is -2.27. The van der Waals surface area contributed by atoms with Crippen LogP contribution in [0.15, 0.2) is 48.7 Å². The van der Waals surface area contributed by atoms with Crippen molar-refractivity contribution in [2.24, 2.45) is 0 Å². The highest BCUT2D eigenvalue weighted by atomic mass is 35.5. The van der Waals surface area contributed by atoms with E-state index in [4.69, 9.17) is 35.5 Å². The minimum Gasteiger partial charge on any atom is -0.454 e. The second-order valence-corrected chi connectivity index (χ2v) is 10.5. The maximum Gasteiger partial charge on any atom is 0.231 e. The van der Waals surface area contributed by atoms with Crippen LogP contribution in [0.25, 0.3) is 0 Å². The maximum atomic E-state index is 6.59. The Balaban J connectivity index is 1.19. The smallest absolute Gasteiger partial charge is 0.231 e. The van der Waals surface area contributed by atoms with Crippen LogP contribution in [0.4, 0.5) is 5.13 Å². The molecule has 2 aromatic carbocycles. The van der Waals surface area contributed by atoms with Gasteiger partial charge in [-0.25, -0.2) is 4.98 Å². The van der Waals surface area contributed by atoms with Crippen molar-refractivity contribution >= 4 is 28.1 Å². The Bertz CT molecular complexity index is 1180. The normalized spacial score (nSPS) is 19.5. The summed E-state index contributed by atoms with van der Waals surface area (Å²) in [6, 6.07) is 14.1. The second kappa shape index (κ2) is 9.95. The van der Waals surface area contributed by atoms with E-state index in [-0.39, 0.29) is 18.4 Å². The number of hydrogen-bond donors (Lipinski definition) is 1. The molecule has 0 bridgehead atoms. The molecule has 184 valence electrons. The highest BCUT2D eigenvalue weighted by molar-refractivity contribution is 7.15. The first-order valence-electron chi connectivity index (χ1n) is 12.0. The SMILES string of the molecule is Clc1ccccc1C(OCCN1CCOCC1)c1cnc(NC2(c3ccc4c(c3)OCO4)CC2)s1. The number of morpholine rings is 1. The van der Waals surface area contributed by atoms with E-state index in [9.17, 15) is 0 Å². The van der Waals surface area contributed by atoms with Gasteiger partial charge in [-0.15, -0.1) is 0 Å². The summed E-state index contributed by atoms with van der Waals surface area (Å²) in [5.74, 6) is 1.61. The average Bonchev–Trinajstić information content (AvgIpc) is 3.28. The van der Waals surface area contributed by atoms with E-state index in [1.54, 1.807) is 11.3 Å². The summed E-state index contributed by atoms with van der Waals surface area (Å²) in [5.41, 5.74) is 2.04. The lowest BCUT2D eigenvalue weighted by atomic mass is 10.0. The fourth-order valence-electron chi connectivity index (χ4n) is 4.61. The zero-order chi connectivity index (χ0) is 23.7. The Kier molecular flexibility index (Phi) is 6.56. The molecule has 1 aliphatic carbocycles. The van der Waals surface area contributed by atoms with Crippen LogP contribution in [0.2, 0.25) is 5.02 Å². The molecule has 0 amide bonds. The molecule has 1 aromatic heterocycles. The van der Waals surface area contributed by atoms with Gasteiger partial charge in [0.15, 0.2) is 16.6 Å². The van der Waals surface area contributed by atoms with Crippen LogP contribution in [0.1, 0.15) is 34.9 Å². The fourth-order valence-corrected chi connectivity index (χ4v) is 5.83. The highest BCUT2D eigenvalue weighted by Gasteiger charge is 2.45. The molecule has 2 aliphatic heterocycles. The Morgan fingerprint density at radius 2 is 1.94 bits per heavy atom. The quantitative estimate of drug-likeness (QED) is 0.429. The van der Waals surface area contributed by atoms with Crippen LogP contribution >= 0.6 is 22.9 Å². The summed E-state index contributed by atoms with van der Waals surface area (Å²) in [7, 11) is 0. The van der Waals surface area contributed by atoms with E-state index in [1.807, 2.05) is 36.5 Å². The predicted molar refractivity (Wildman–Crippen MR) is 136 cm³/mol. The molecule has 3 heterocycles. The zero-order valence-electron chi connectivity index (χ0n) is 19.4. The van der Waals surface area contributed by atoms with E-state index in [0.29, 0.717) is 11.6 Å². The van der Waals surface area contributed by atoms with Gasteiger partial charge < -0.3 is 24.3 Å². The van der Waals surface area contributed by atoms with E-state index in [0.717, 1.165) is 72.8 Å². The first-order chi connectivity index (χ1) is 17.2. The molecule has 1 saturated heterocycles. The number of hydrogen-bond acceptors (Lipinski definition) is 8. The number of nitrogens with zero attached hydrogens (tertiary/aromatic N) is 2. The molecule has 0 spiro atoms. The third-order valence-electron chi connectivity index (χ3n) is 6.79. The van der Waals surface area contributed by atoms with Crippen molar-refractivity contribution < 1.29 is 18.9 Å². The molecule has 2 fully saturated rings. The number of benzene rings is 2. The monoisotopic (exact) mass is 513 g/mol. The lowest BCUT2D eigenvalue weighted by Crippen LogP contribution is -2.38. The van der Waals surface area contributed by atoms with Crippen molar-refractivity contribution in [3.8, 4) is 11.5 Å². The number of halogens is 1. The maximum absolute atomic E-state index is 6.59. The lowest BCUT2D eigenvalue weighted by molar-refractivity contribution is 0.0102. The standard InChI is InChI=1S/C26H28ClN3O4S/c27-20-4-2-1-3-19(20)24(32-14-11-30-9-12-31-13-10-30)23-16-28-25(35-23)29-26(7-8-26)18-5-6-21-22(15-18)34-17-33-21/h1-6,15-16,24H,7-14,17H2,(H,28,29). The van der Waals surface area contributed by atoms with Gasteiger partial charge in [0.1, 0.15) is 6.10 Å². The second-order valence-electron chi connectivity index (χ2n) is 9.07. The van der Waals surface area contributed by atoms with Gasteiger partial charge >= 0.3 is 0 Å². The molecule has 3 aliphatic rings. The Morgan fingerprint density at radius 3 is 2.77 bits per heavy atom. The van der Waals surface area contributed by atoms with Gasteiger partial charge in [-0.3, -0.25) is 4.90 Å². The molecule has 1 atom stereocenters. The van der Waals surface area contributed by atoms with Crippen molar-refractivity contribution in [1.82, 2.24) is 9.88 Å². The number of thiazole rings is 1. The van der Waals surface area contributed by atoms with Gasteiger partial charge in [0.25, 0.3) is 0 Å². The summed E-state index contributed by atoms with van der Waals surface area (Å²) >= 11 is 8.21. The number of anilines is 1. The van der Waals surface area contributed by atoms with Crippen molar-refractivity contribution in [2.45, 2.75) is 24.5 Å². The van der Waals surface area contributed by atoms with Gasteiger partial charge in [0.2, 0.25) is 6.79 Å². The molecule has 1 saturated carbocycles. The van der Waals surface area contributed by atoms with Gasteiger partial charge in [-0.2, -0.15) is 0 Å². The number of rotatable bonds is 9. The van der Waals surface area contributed by atoms with Crippen LogP contribution in [0.3, 0.4) is 0 Å². The van der Waals surface area contributed by atoms with Gasteiger partial charge in [0, 0.05) is 36.4 Å². The third kappa shape index (κ3) is 4.99. The summed E-state index contributed by atoms with van der Waals surface area (Å²) in [5, 5.41) is 5.26. The van der Waals surface area contributed by atoms with Gasteiger partial charge in [-0.05, 0) is 36.6 Å². The molecule has 7 nitrogen and oxygen atoms in total. The summed E-state index contributed by atoms with van der Waals surface area (Å²) in [6.07, 6.45) is 3.74. The van der Waals surface area contributed by atoms with Gasteiger partial charge in [0.05, 0.1) is 30.2 Å². The van der Waals surface area contributed by atoms with E-state index < -0.39 is 0 Å². The topological polar surface area (TPSA) is 65.1 Å². The number of nitrogens with one attached hydrogen (secondary N) is 1. The van der Waals surface area contributed by atoms with E-state index in [2.05, 4.69) is 22.3 Å². The predicted octanol–water partition coefficient (Wildman–Crippen LogP) is 5.06. The van der Waals surface area contributed by atoms with Crippen molar-refractivity contribution in [3.05, 3.63) is 69.7 Å². The molecule has 1 N–H and O–H groups in total. The Labute approximate surface area is 213 Å². The van der Waals surface area contributed by atoms with Crippen LogP contribution in [0, 0.1) is 0 Å². The number of ether oxygens (including phenoxy) is 4. The first kappa shape index (κ1) is 23.1. The van der Waals surface area contributed by atoms with Crippen LogP contribution in [-0.2, 0) is 15.0 Å². The van der Waals surface area contributed by atoms with E-state index in [1.165, 1.54) is 5.56 Å². The molecule has 0 radical (unpaired) electrons. The fraction of sp³-hybridized carbons (Fsp3) is 0.423. The van der Waals surface area contributed by atoms with Crippen molar-refractivity contribution in [2.75, 3.05) is 51.6 Å². The van der Waals surface area contributed by atoms with Crippen LogP contribution in [0.5, 0.6) is 11.5 Å². The molecule has 35 heavy (non-hydrogen) atoms. The molecular formula is C26H28ClN3O4S. The summed E-state index contributed by atoms with van der Waals surface area (Å²) < 4.78 is 23.0. The largest absolute Gasteiger partial charge is 0.454 e. The highest BCUT2D eigenvalue weighted by Crippen LogP contribution is 2.51. The van der Waals surface area contributed by atoms with Crippen molar-refractivity contribution in [1.29, 1.82) is 0 Å². The molecule has 6 rings (SSSR count). The number of fused-ring (bicyclic) bond motifs is 1. The summed E-state index contributed by atoms with van der Waals surface area (Å²) in [6.45, 7) is 5.20. The van der Waals surface area contributed by atoms with Crippen LogP contribution < -0.4 is 14.8 Å². The molecular weight excluding hydrogens is 486 g/mol. The average molecular weight is 514 g/mol. The minimum atomic E-state index is -0.265. The van der Waals surface area contributed by atoms with E-state index >= 15 is 0 Å². The van der Waals surface area contributed by atoms with Crippen LogP contribution in [-0.4, -0.2) is 56.1 Å².